The number of aromatic nitrogens is 1. The van der Waals surface area contributed by atoms with Gasteiger partial charge in [0.25, 0.3) is 0 Å². The molecule has 1 aromatic heterocycles. The van der Waals surface area contributed by atoms with Gasteiger partial charge in [-0.3, -0.25) is 0 Å². The Balaban J connectivity index is 1.83. The third kappa shape index (κ3) is 2.49. The maximum absolute atomic E-state index is 5.98. The zero-order chi connectivity index (χ0) is 14.1. The number of hydrogen-bond donors (Lipinski definition) is 1. The summed E-state index contributed by atoms with van der Waals surface area (Å²) in [6.07, 6.45) is 1.67. The Morgan fingerprint density at radius 2 is 2.00 bits per heavy atom. The highest BCUT2D eigenvalue weighted by Crippen LogP contribution is 2.26. The Bertz CT molecular complexity index is 725. The number of nitrogens with zero attached hydrogens (tertiary/aromatic N) is 1. The van der Waals surface area contributed by atoms with E-state index in [1.165, 1.54) is 11.1 Å². The molecule has 0 aliphatic heterocycles. The number of oxazole rings is 1. The second kappa shape index (κ2) is 5.17. The van der Waals surface area contributed by atoms with E-state index >= 15 is 0 Å². The van der Waals surface area contributed by atoms with E-state index in [0.29, 0.717) is 22.2 Å². The zero-order valence-corrected chi connectivity index (χ0v) is 11.9. The number of nitrogen functional groups attached to an aromatic ring is 1. The van der Waals surface area contributed by atoms with Crippen LogP contribution in [0.5, 0.6) is 0 Å². The average Bonchev–Trinajstić information content (AvgIpc) is 2.80. The summed E-state index contributed by atoms with van der Waals surface area (Å²) in [5.41, 5.74) is 10.3. The molecule has 0 atom stereocenters. The molecule has 0 saturated heterocycles. The fraction of sp³-hybridized carbons (Fsp3) is 0.188. The Hall–Kier alpha value is -2.00. The third-order valence-corrected chi connectivity index (χ3v) is 3.75. The largest absolute Gasteiger partial charge is 0.441 e. The molecule has 0 bridgehead atoms. The number of anilines is 1. The summed E-state index contributed by atoms with van der Waals surface area (Å²) in [7, 11) is 0. The van der Waals surface area contributed by atoms with Crippen molar-refractivity contribution in [2.75, 3.05) is 5.73 Å². The van der Waals surface area contributed by atoms with Crippen LogP contribution in [0.4, 0.5) is 5.69 Å². The predicted octanol–water partition coefficient (Wildman–Crippen LogP) is 4.16. The minimum Gasteiger partial charge on any atom is -0.441 e. The van der Waals surface area contributed by atoms with Crippen molar-refractivity contribution in [1.29, 1.82) is 0 Å². The second-order valence-corrected chi connectivity index (χ2v) is 5.28. The van der Waals surface area contributed by atoms with Gasteiger partial charge < -0.3 is 10.2 Å². The van der Waals surface area contributed by atoms with Crippen LogP contribution in [-0.4, -0.2) is 4.98 Å². The van der Waals surface area contributed by atoms with Crippen molar-refractivity contribution in [2.45, 2.75) is 19.8 Å². The fourth-order valence-electron chi connectivity index (χ4n) is 2.25. The second-order valence-electron chi connectivity index (χ2n) is 4.88. The van der Waals surface area contributed by atoms with Gasteiger partial charge in [-0.25, -0.2) is 4.98 Å². The van der Waals surface area contributed by atoms with Gasteiger partial charge in [0.2, 0.25) is 0 Å². The number of benzene rings is 2. The van der Waals surface area contributed by atoms with Gasteiger partial charge in [-0.2, -0.15) is 0 Å². The first kappa shape index (κ1) is 13.0. The van der Waals surface area contributed by atoms with Gasteiger partial charge in [0.1, 0.15) is 5.52 Å². The molecule has 20 heavy (non-hydrogen) atoms. The maximum atomic E-state index is 5.98. The van der Waals surface area contributed by atoms with Gasteiger partial charge in [0.15, 0.2) is 11.5 Å². The number of fused-ring (bicyclic) bond motifs is 1. The van der Waals surface area contributed by atoms with Crippen LogP contribution in [0, 0.1) is 6.92 Å². The molecule has 4 heteroatoms. The van der Waals surface area contributed by atoms with E-state index in [0.717, 1.165) is 18.4 Å². The summed E-state index contributed by atoms with van der Waals surface area (Å²) in [5.74, 6) is 0.713. The monoisotopic (exact) mass is 286 g/mol. The van der Waals surface area contributed by atoms with E-state index < -0.39 is 0 Å². The van der Waals surface area contributed by atoms with Gasteiger partial charge in [0, 0.05) is 12.5 Å². The highest BCUT2D eigenvalue weighted by molar-refractivity contribution is 6.33. The molecule has 0 aliphatic carbocycles. The van der Waals surface area contributed by atoms with Crippen LogP contribution < -0.4 is 5.73 Å². The van der Waals surface area contributed by atoms with E-state index in [2.05, 4.69) is 30.1 Å². The summed E-state index contributed by atoms with van der Waals surface area (Å²) in [5, 5.41) is 0.510. The molecule has 0 amide bonds. The van der Waals surface area contributed by atoms with Crippen molar-refractivity contribution in [3.63, 3.8) is 0 Å². The summed E-state index contributed by atoms with van der Waals surface area (Å²) in [4.78, 5) is 4.45. The van der Waals surface area contributed by atoms with Crippen LogP contribution >= 0.6 is 11.6 Å². The molecule has 0 spiro atoms. The lowest BCUT2D eigenvalue weighted by Gasteiger charge is -2.02. The summed E-state index contributed by atoms with van der Waals surface area (Å²) >= 11 is 5.98. The molecule has 3 rings (SSSR count). The molecule has 2 N–H and O–H groups in total. The quantitative estimate of drug-likeness (QED) is 0.736. The van der Waals surface area contributed by atoms with Crippen molar-refractivity contribution in [3.8, 4) is 0 Å². The maximum Gasteiger partial charge on any atom is 0.195 e. The molecular formula is C16H15ClN2O. The zero-order valence-electron chi connectivity index (χ0n) is 11.2. The smallest absolute Gasteiger partial charge is 0.195 e. The molecule has 0 fully saturated rings. The van der Waals surface area contributed by atoms with Crippen LogP contribution in [0.15, 0.2) is 40.8 Å². The van der Waals surface area contributed by atoms with Crippen molar-refractivity contribution >= 4 is 28.4 Å². The molecule has 3 aromatic rings. The molecule has 102 valence electrons. The van der Waals surface area contributed by atoms with Gasteiger partial charge in [-0.05, 0) is 30.5 Å². The predicted molar refractivity (Wildman–Crippen MR) is 82.0 cm³/mol. The lowest BCUT2D eigenvalue weighted by molar-refractivity contribution is 0.528. The normalized spacial score (nSPS) is 11.1. The Kier molecular flexibility index (Phi) is 3.36. The Morgan fingerprint density at radius 3 is 2.80 bits per heavy atom. The highest BCUT2D eigenvalue weighted by Gasteiger charge is 2.09. The minimum atomic E-state index is 0.510. The van der Waals surface area contributed by atoms with Crippen LogP contribution in [0.1, 0.15) is 17.0 Å². The molecule has 0 saturated carbocycles. The molecule has 0 unspecified atom stereocenters. The number of rotatable bonds is 3. The van der Waals surface area contributed by atoms with Crippen LogP contribution in [0.25, 0.3) is 11.1 Å². The number of halogens is 1. The standard InChI is InChI=1S/C16H15ClN2O/c1-10-4-2-3-5-11(10)6-7-16-19-14-8-12(17)13(18)9-15(14)20-16/h2-5,8-9H,6-7,18H2,1H3. The van der Waals surface area contributed by atoms with Gasteiger partial charge >= 0.3 is 0 Å². The van der Waals surface area contributed by atoms with Crippen LogP contribution in [0.2, 0.25) is 5.02 Å². The van der Waals surface area contributed by atoms with E-state index in [1.54, 1.807) is 12.1 Å². The minimum absolute atomic E-state index is 0.510. The van der Waals surface area contributed by atoms with E-state index in [1.807, 2.05) is 6.07 Å². The van der Waals surface area contributed by atoms with Gasteiger partial charge in [-0.15, -0.1) is 0 Å². The van der Waals surface area contributed by atoms with E-state index in [9.17, 15) is 0 Å². The number of aryl methyl sites for hydroxylation is 3. The average molecular weight is 287 g/mol. The van der Waals surface area contributed by atoms with Crippen molar-refractivity contribution in [1.82, 2.24) is 4.98 Å². The molecule has 0 radical (unpaired) electrons. The molecule has 3 nitrogen and oxygen atoms in total. The topological polar surface area (TPSA) is 52.0 Å². The first-order valence-corrected chi connectivity index (χ1v) is 6.90. The number of nitrogens with two attached hydrogens (primary N) is 1. The summed E-state index contributed by atoms with van der Waals surface area (Å²) < 4.78 is 5.72. The molecule has 0 aliphatic rings. The van der Waals surface area contributed by atoms with Crippen LogP contribution in [0.3, 0.4) is 0 Å². The lowest BCUT2D eigenvalue weighted by atomic mass is 10.0. The molecule has 2 aromatic carbocycles. The van der Waals surface area contributed by atoms with E-state index in [-0.39, 0.29) is 0 Å². The SMILES string of the molecule is Cc1ccccc1CCc1nc2cc(Cl)c(N)cc2o1. The first-order valence-electron chi connectivity index (χ1n) is 6.52. The third-order valence-electron chi connectivity index (χ3n) is 3.42. The number of hydrogen-bond acceptors (Lipinski definition) is 3. The Labute approximate surface area is 122 Å². The first-order chi connectivity index (χ1) is 9.63. The van der Waals surface area contributed by atoms with Gasteiger partial charge in [0.05, 0.1) is 10.7 Å². The van der Waals surface area contributed by atoms with Gasteiger partial charge in [-0.1, -0.05) is 35.9 Å². The lowest BCUT2D eigenvalue weighted by Crippen LogP contribution is -1.93. The van der Waals surface area contributed by atoms with E-state index in [4.69, 9.17) is 21.8 Å². The van der Waals surface area contributed by atoms with Crippen LogP contribution in [-0.2, 0) is 12.8 Å². The fourth-order valence-corrected chi connectivity index (χ4v) is 2.41. The molecular weight excluding hydrogens is 272 g/mol. The Morgan fingerprint density at radius 1 is 1.20 bits per heavy atom. The molecule has 1 heterocycles. The van der Waals surface area contributed by atoms with Crippen molar-refractivity contribution in [3.05, 3.63) is 58.4 Å². The summed E-state index contributed by atoms with van der Waals surface area (Å²) in [6, 6.07) is 11.8. The van der Waals surface area contributed by atoms with Crippen molar-refractivity contribution in [2.24, 2.45) is 0 Å². The highest BCUT2D eigenvalue weighted by atomic mass is 35.5. The van der Waals surface area contributed by atoms with Crippen molar-refractivity contribution < 1.29 is 4.42 Å². The summed E-state index contributed by atoms with van der Waals surface area (Å²) in [6.45, 7) is 2.11.